The zero-order valence-electron chi connectivity index (χ0n) is 10.7. The molecule has 19 heavy (non-hydrogen) atoms. The molecule has 1 N–H and O–H groups in total. The molecule has 0 amide bonds. The van der Waals surface area contributed by atoms with Crippen LogP contribution >= 0.6 is 39.0 Å². The van der Waals surface area contributed by atoms with Gasteiger partial charge in [0.2, 0.25) is 0 Å². The molecule has 1 aromatic carbocycles. The SMILES string of the molecule is COCCNCc1ccc(Sc2cccs2)c(Br)c1. The minimum Gasteiger partial charge on any atom is -0.383 e. The molecule has 2 aromatic rings. The van der Waals surface area contributed by atoms with Crippen LogP contribution in [0.5, 0.6) is 0 Å². The molecule has 1 heterocycles. The van der Waals surface area contributed by atoms with E-state index in [1.807, 2.05) is 0 Å². The summed E-state index contributed by atoms with van der Waals surface area (Å²) in [5, 5.41) is 5.45. The quantitative estimate of drug-likeness (QED) is 0.742. The maximum absolute atomic E-state index is 5.01. The average molecular weight is 358 g/mol. The second kappa shape index (κ2) is 8.07. The maximum atomic E-state index is 5.01. The monoisotopic (exact) mass is 357 g/mol. The summed E-state index contributed by atoms with van der Waals surface area (Å²) >= 11 is 7.21. The zero-order chi connectivity index (χ0) is 13.5. The Balaban J connectivity index is 1.93. The number of nitrogens with one attached hydrogen (secondary N) is 1. The predicted molar refractivity (Wildman–Crippen MR) is 86.2 cm³/mol. The van der Waals surface area contributed by atoms with Crippen molar-refractivity contribution in [2.24, 2.45) is 0 Å². The third kappa shape index (κ3) is 4.93. The zero-order valence-corrected chi connectivity index (χ0v) is 13.9. The second-order valence-corrected chi connectivity index (χ2v) is 7.11. The van der Waals surface area contributed by atoms with Gasteiger partial charge in [0, 0.05) is 29.6 Å². The Labute approximate surface area is 130 Å². The van der Waals surface area contributed by atoms with Gasteiger partial charge in [0.15, 0.2) is 0 Å². The van der Waals surface area contributed by atoms with E-state index in [2.05, 4.69) is 57.0 Å². The minimum atomic E-state index is 0.744. The number of methoxy groups -OCH3 is 1. The van der Waals surface area contributed by atoms with E-state index < -0.39 is 0 Å². The molecule has 2 rings (SSSR count). The first-order valence-electron chi connectivity index (χ1n) is 5.99. The van der Waals surface area contributed by atoms with Crippen molar-refractivity contribution in [1.82, 2.24) is 5.32 Å². The third-order valence-electron chi connectivity index (χ3n) is 2.51. The van der Waals surface area contributed by atoms with Gasteiger partial charge in [0.1, 0.15) is 0 Å². The highest BCUT2D eigenvalue weighted by Crippen LogP contribution is 2.36. The van der Waals surface area contributed by atoms with Crippen LogP contribution in [0.4, 0.5) is 0 Å². The van der Waals surface area contributed by atoms with Crippen molar-refractivity contribution in [2.45, 2.75) is 15.6 Å². The molecule has 0 radical (unpaired) electrons. The lowest BCUT2D eigenvalue weighted by Crippen LogP contribution is -2.18. The molecular formula is C14H16BrNOS2. The smallest absolute Gasteiger partial charge is 0.0646 e. The Morgan fingerprint density at radius 2 is 2.26 bits per heavy atom. The van der Waals surface area contributed by atoms with E-state index in [0.717, 1.165) is 24.2 Å². The molecule has 0 atom stereocenters. The number of hydrogen-bond donors (Lipinski definition) is 1. The number of benzene rings is 1. The van der Waals surface area contributed by atoms with Gasteiger partial charge in [-0.25, -0.2) is 0 Å². The van der Waals surface area contributed by atoms with Gasteiger partial charge in [-0.1, -0.05) is 23.9 Å². The highest BCUT2D eigenvalue weighted by atomic mass is 79.9. The summed E-state index contributed by atoms with van der Waals surface area (Å²) in [4.78, 5) is 1.25. The largest absolute Gasteiger partial charge is 0.383 e. The van der Waals surface area contributed by atoms with Crippen molar-refractivity contribution in [3.05, 3.63) is 45.7 Å². The summed E-state index contributed by atoms with van der Waals surface area (Å²) in [5.41, 5.74) is 1.28. The van der Waals surface area contributed by atoms with E-state index in [-0.39, 0.29) is 0 Å². The van der Waals surface area contributed by atoms with Crippen molar-refractivity contribution in [2.75, 3.05) is 20.3 Å². The van der Waals surface area contributed by atoms with Crippen LogP contribution in [-0.2, 0) is 11.3 Å². The lowest BCUT2D eigenvalue weighted by molar-refractivity contribution is 0.199. The molecule has 0 saturated heterocycles. The van der Waals surface area contributed by atoms with Crippen LogP contribution in [0.15, 0.2) is 49.3 Å². The summed E-state index contributed by atoms with van der Waals surface area (Å²) in [6, 6.07) is 10.7. The molecule has 1 aromatic heterocycles. The fraction of sp³-hybridized carbons (Fsp3) is 0.286. The number of ether oxygens (including phenoxy) is 1. The van der Waals surface area contributed by atoms with Crippen LogP contribution in [-0.4, -0.2) is 20.3 Å². The van der Waals surface area contributed by atoms with Gasteiger partial charge < -0.3 is 10.1 Å². The second-order valence-electron chi connectivity index (χ2n) is 3.97. The number of halogens is 1. The molecule has 0 spiro atoms. The highest BCUT2D eigenvalue weighted by Gasteiger charge is 2.04. The standard InChI is InChI=1S/C14H16BrNOS2/c1-17-7-6-16-10-11-4-5-13(12(15)9-11)19-14-3-2-8-18-14/h2-5,8-9,16H,6-7,10H2,1H3. The van der Waals surface area contributed by atoms with E-state index in [0.29, 0.717) is 0 Å². The summed E-state index contributed by atoms with van der Waals surface area (Å²) in [7, 11) is 1.72. The molecule has 2 nitrogen and oxygen atoms in total. The molecule has 5 heteroatoms. The van der Waals surface area contributed by atoms with Crippen LogP contribution in [0.1, 0.15) is 5.56 Å². The Bertz CT molecular complexity index is 502. The van der Waals surface area contributed by atoms with Crippen molar-refractivity contribution in [1.29, 1.82) is 0 Å². The highest BCUT2D eigenvalue weighted by molar-refractivity contribution is 9.10. The van der Waals surface area contributed by atoms with E-state index in [9.17, 15) is 0 Å². The first-order chi connectivity index (χ1) is 9.29. The summed E-state index contributed by atoms with van der Waals surface area (Å²) < 4.78 is 7.47. The molecule has 0 fully saturated rings. The summed E-state index contributed by atoms with van der Waals surface area (Å²) in [5.74, 6) is 0. The normalized spacial score (nSPS) is 10.8. The summed E-state index contributed by atoms with van der Waals surface area (Å²) in [6.07, 6.45) is 0. The van der Waals surface area contributed by atoms with Gasteiger partial charge >= 0.3 is 0 Å². The van der Waals surface area contributed by atoms with Crippen LogP contribution in [0.25, 0.3) is 0 Å². The van der Waals surface area contributed by atoms with Gasteiger partial charge in [-0.3, -0.25) is 0 Å². The topological polar surface area (TPSA) is 21.3 Å². The van der Waals surface area contributed by atoms with Gasteiger partial charge in [-0.2, -0.15) is 0 Å². The Kier molecular flexibility index (Phi) is 6.40. The Morgan fingerprint density at radius 3 is 2.95 bits per heavy atom. The molecular weight excluding hydrogens is 342 g/mol. The number of hydrogen-bond acceptors (Lipinski definition) is 4. The molecule has 0 aliphatic carbocycles. The van der Waals surface area contributed by atoms with Gasteiger partial charge in [-0.15, -0.1) is 11.3 Å². The fourth-order valence-electron chi connectivity index (χ4n) is 1.57. The van der Waals surface area contributed by atoms with E-state index >= 15 is 0 Å². The van der Waals surface area contributed by atoms with Gasteiger partial charge in [0.25, 0.3) is 0 Å². The minimum absolute atomic E-state index is 0.744. The first-order valence-corrected chi connectivity index (χ1v) is 8.48. The molecule has 0 saturated carbocycles. The third-order valence-corrected chi connectivity index (χ3v) is 5.55. The average Bonchev–Trinajstić information content (AvgIpc) is 2.91. The lowest BCUT2D eigenvalue weighted by Gasteiger charge is -2.07. The van der Waals surface area contributed by atoms with E-state index in [4.69, 9.17) is 4.74 Å². The van der Waals surface area contributed by atoms with E-state index in [1.54, 1.807) is 30.2 Å². The molecule has 0 bridgehead atoms. The Hall–Kier alpha value is -0.330. The van der Waals surface area contributed by atoms with Crippen molar-refractivity contribution in [3.8, 4) is 0 Å². The first kappa shape index (κ1) is 15.1. The fourth-order valence-corrected chi connectivity index (χ4v) is 3.98. The molecule has 0 unspecified atom stereocenters. The van der Waals surface area contributed by atoms with Crippen LogP contribution in [0.3, 0.4) is 0 Å². The lowest BCUT2D eigenvalue weighted by atomic mass is 10.2. The maximum Gasteiger partial charge on any atom is 0.0646 e. The van der Waals surface area contributed by atoms with Crippen molar-refractivity contribution in [3.63, 3.8) is 0 Å². The molecule has 0 aliphatic rings. The Morgan fingerprint density at radius 1 is 1.37 bits per heavy atom. The molecule has 102 valence electrons. The van der Waals surface area contributed by atoms with Gasteiger partial charge in [0.05, 0.1) is 10.8 Å². The van der Waals surface area contributed by atoms with Crippen LogP contribution in [0, 0.1) is 0 Å². The summed E-state index contributed by atoms with van der Waals surface area (Å²) in [6.45, 7) is 2.49. The number of thiophene rings is 1. The van der Waals surface area contributed by atoms with Crippen LogP contribution < -0.4 is 5.32 Å². The predicted octanol–water partition coefficient (Wildman–Crippen LogP) is 4.40. The van der Waals surface area contributed by atoms with Crippen molar-refractivity contribution >= 4 is 39.0 Å². The molecule has 0 aliphatic heterocycles. The van der Waals surface area contributed by atoms with E-state index in [1.165, 1.54) is 14.7 Å². The number of rotatable bonds is 7. The van der Waals surface area contributed by atoms with Gasteiger partial charge in [-0.05, 0) is 45.1 Å². The van der Waals surface area contributed by atoms with Crippen LogP contribution in [0.2, 0.25) is 0 Å². The van der Waals surface area contributed by atoms with Crippen molar-refractivity contribution < 1.29 is 4.74 Å².